The Labute approximate surface area is 107 Å². The Morgan fingerprint density at radius 3 is 2.28 bits per heavy atom. The molecule has 0 aromatic carbocycles. The van der Waals surface area contributed by atoms with Crippen molar-refractivity contribution in [3.63, 3.8) is 0 Å². The number of carbonyl (C=O) groups is 3. The topological polar surface area (TPSA) is 90.0 Å². The molecule has 104 valence electrons. The lowest BCUT2D eigenvalue weighted by molar-refractivity contribution is -0.141. The number of carboxylic acid groups (broad SMARTS) is 1. The lowest BCUT2D eigenvalue weighted by Crippen LogP contribution is -2.46. The highest BCUT2D eigenvalue weighted by atomic mass is 16.4. The summed E-state index contributed by atoms with van der Waals surface area (Å²) in [5, 5.41) is 11.2. The zero-order valence-electron chi connectivity index (χ0n) is 11.3. The van der Waals surface area contributed by atoms with Crippen LogP contribution < -0.4 is 5.32 Å². The molecule has 0 saturated carbocycles. The van der Waals surface area contributed by atoms with Gasteiger partial charge in [-0.05, 0) is 6.92 Å². The van der Waals surface area contributed by atoms with Crippen LogP contribution in [0.3, 0.4) is 0 Å². The SMILES string of the molecule is CCN(CC(C)C(=O)O)C(=O)N(C)CC(=O)NC. The molecule has 0 aliphatic carbocycles. The molecule has 18 heavy (non-hydrogen) atoms. The third-order valence-corrected chi connectivity index (χ3v) is 2.55. The van der Waals surface area contributed by atoms with Gasteiger partial charge in [-0.2, -0.15) is 0 Å². The zero-order chi connectivity index (χ0) is 14.3. The number of carboxylic acids is 1. The molecular weight excluding hydrogens is 238 g/mol. The molecular formula is C11H21N3O4. The fourth-order valence-corrected chi connectivity index (χ4v) is 1.35. The molecule has 0 aromatic heterocycles. The molecule has 0 heterocycles. The van der Waals surface area contributed by atoms with Gasteiger partial charge in [0.2, 0.25) is 5.91 Å². The fraction of sp³-hybridized carbons (Fsp3) is 0.727. The number of rotatable bonds is 6. The summed E-state index contributed by atoms with van der Waals surface area (Å²) < 4.78 is 0. The van der Waals surface area contributed by atoms with Gasteiger partial charge in [0.05, 0.1) is 5.92 Å². The van der Waals surface area contributed by atoms with Gasteiger partial charge in [-0.1, -0.05) is 6.92 Å². The van der Waals surface area contributed by atoms with Crippen molar-refractivity contribution in [2.24, 2.45) is 5.92 Å². The highest BCUT2D eigenvalue weighted by molar-refractivity contribution is 5.84. The first kappa shape index (κ1) is 16.2. The molecule has 0 bridgehead atoms. The van der Waals surface area contributed by atoms with Crippen LogP contribution in [-0.2, 0) is 9.59 Å². The van der Waals surface area contributed by atoms with Crippen LogP contribution in [-0.4, -0.2) is 66.5 Å². The van der Waals surface area contributed by atoms with E-state index in [9.17, 15) is 14.4 Å². The van der Waals surface area contributed by atoms with Crippen molar-refractivity contribution in [2.45, 2.75) is 13.8 Å². The Bertz CT molecular complexity index is 319. The van der Waals surface area contributed by atoms with E-state index in [0.717, 1.165) is 0 Å². The van der Waals surface area contributed by atoms with Crippen molar-refractivity contribution in [1.29, 1.82) is 0 Å². The van der Waals surface area contributed by atoms with E-state index in [-0.39, 0.29) is 25.0 Å². The van der Waals surface area contributed by atoms with Crippen molar-refractivity contribution in [2.75, 3.05) is 33.7 Å². The molecule has 0 aliphatic rings. The fourth-order valence-electron chi connectivity index (χ4n) is 1.35. The second kappa shape index (κ2) is 7.52. The summed E-state index contributed by atoms with van der Waals surface area (Å²) in [4.78, 5) is 36.5. The van der Waals surface area contributed by atoms with Gasteiger partial charge in [-0.25, -0.2) is 4.79 Å². The Hall–Kier alpha value is -1.79. The van der Waals surface area contributed by atoms with Gasteiger partial charge in [-0.3, -0.25) is 9.59 Å². The molecule has 0 spiro atoms. The van der Waals surface area contributed by atoms with Gasteiger partial charge >= 0.3 is 12.0 Å². The van der Waals surface area contributed by atoms with Crippen molar-refractivity contribution in [3.8, 4) is 0 Å². The quantitative estimate of drug-likeness (QED) is 0.693. The first-order valence-electron chi connectivity index (χ1n) is 5.76. The van der Waals surface area contributed by atoms with E-state index in [1.807, 2.05) is 0 Å². The van der Waals surface area contributed by atoms with Crippen LogP contribution in [0.25, 0.3) is 0 Å². The maximum atomic E-state index is 12.0. The summed E-state index contributed by atoms with van der Waals surface area (Å²) in [7, 11) is 3.00. The number of hydrogen-bond acceptors (Lipinski definition) is 3. The molecule has 0 radical (unpaired) electrons. The van der Waals surface area contributed by atoms with Crippen LogP contribution in [0.5, 0.6) is 0 Å². The molecule has 2 N–H and O–H groups in total. The van der Waals surface area contributed by atoms with Gasteiger partial charge in [0, 0.05) is 27.2 Å². The molecule has 0 aromatic rings. The molecule has 3 amide bonds. The summed E-state index contributed by atoms with van der Waals surface area (Å²) in [6.45, 7) is 3.78. The largest absolute Gasteiger partial charge is 0.481 e. The Morgan fingerprint density at radius 2 is 1.89 bits per heavy atom. The number of likely N-dealkylation sites (N-methyl/N-ethyl adjacent to an activating group) is 2. The molecule has 1 unspecified atom stereocenters. The molecule has 7 nitrogen and oxygen atoms in total. The normalized spacial score (nSPS) is 11.6. The van der Waals surface area contributed by atoms with E-state index in [1.54, 1.807) is 6.92 Å². The Morgan fingerprint density at radius 1 is 1.33 bits per heavy atom. The molecule has 0 rings (SSSR count). The van der Waals surface area contributed by atoms with Crippen molar-refractivity contribution in [3.05, 3.63) is 0 Å². The lowest BCUT2D eigenvalue weighted by atomic mass is 10.2. The maximum Gasteiger partial charge on any atom is 0.320 e. The van der Waals surface area contributed by atoms with Crippen LogP contribution >= 0.6 is 0 Å². The summed E-state index contributed by atoms with van der Waals surface area (Å²) in [5.41, 5.74) is 0. The van der Waals surface area contributed by atoms with Crippen LogP contribution in [0.15, 0.2) is 0 Å². The van der Waals surface area contributed by atoms with Crippen LogP contribution in [0.4, 0.5) is 4.79 Å². The van der Waals surface area contributed by atoms with Gasteiger partial charge in [0.1, 0.15) is 6.54 Å². The van der Waals surface area contributed by atoms with E-state index in [0.29, 0.717) is 6.54 Å². The van der Waals surface area contributed by atoms with E-state index < -0.39 is 11.9 Å². The summed E-state index contributed by atoms with van der Waals surface area (Å²) in [6.07, 6.45) is 0. The molecule has 1 atom stereocenters. The second-order valence-corrected chi connectivity index (χ2v) is 4.09. The summed E-state index contributed by atoms with van der Waals surface area (Å²) >= 11 is 0. The predicted molar refractivity (Wildman–Crippen MR) is 66.1 cm³/mol. The van der Waals surface area contributed by atoms with Crippen LogP contribution in [0.1, 0.15) is 13.8 Å². The van der Waals surface area contributed by atoms with Gasteiger partial charge in [0.25, 0.3) is 0 Å². The standard InChI is InChI=1S/C11H21N3O4/c1-5-14(6-8(2)10(16)17)11(18)13(4)7-9(15)12-3/h8H,5-7H2,1-4H3,(H,12,15)(H,16,17). The van der Waals surface area contributed by atoms with Crippen LogP contribution in [0.2, 0.25) is 0 Å². The number of amides is 3. The molecule has 0 saturated heterocycles. The minimum atomic E-state index is -0.949. The number of aliphatic carboxylic acids is 1. The van der Waals surface area contributed by atoms with Gasteiger partial charge in [-0.15, -0.1) is 0 Å². The number of nitrogens with zero attached hydrogens (tertiary/aromatic N) is 2. The third-order valence-electron chi connectivity index (χ3n) is 2.55. The van der Waals surface area contributed by atoms with Gasteiger partial charge < -0.3 is 20.2 Å². The van der Waals surface area contributed by atoms with Gasteiger partial charge in [0.15, 0.2) is 0 Å². The molecule has 0 aliphatic heterocycles. The number of urea groups is 1. The van der Waals surface area contributed by atoms with E-state index in [4.69, 9.17) is 5.11 Å². The minimum absolute atomic E-state index is 0.0483. The third kappa shape index (κ3) is 5.03. The number of nitrogens with one attached hydrogen (secondary N) is 1. The summed E-state index contributed by atoms with van der Waals surface area (Å²) in [5.74, 6) is -1.86. The lowest BCUT2D eigenvalue weighted by Gasteiger charge is -2.28. The minimum Gasteiger partial charge on any atom is -0.481 e. The average molecular weight is 259 g/mol. The highest BCUT2D eigenvalue weighted by Crippen LogP contribution is 2.03. The van der Waals surface area contributed by atoms with Crippen LogP contribution in [0, 0.1) is 5.92 Å². The predicted octanol–water partition coefficient (Wildman–Crippen LogP) is -0.173. The first-order chi connectivity index (χ1) is 8.33. The number of carbonyl (C=O) groups excluding carboxylic acids is 2. The highest BCUT2D eigenvalue weighted by Gasteiger charge is 2.22. The first-order valence-corrected chi connectivity index (χ1v) is 5.76. The Kier molecular flexibility index (Phi) is 6.77. The molecule has 0 fully saturated rings. The van der Waals surface area contributed by atoms with Crippen molar-refractivity contribution >= 4 is 17.9 Å². The second-order valence-electron chi connectivity index (χ2n) is 4.09. The van der Waals surface area contributed by atoms with Crippen molar-refractivity contribution in [1.82, 2.24) is 15.1 Å². The average Bonchev–Trinajstić information content (AvgIpc) is 2.34. The Balaban J connectivity index is 4.51. The monoisotopic (exact) mass is 259 g/mol. The summed E-state index contributed by atoms with van der Waals surface area (Å²) in [6, 6.07) is -0.353. The zero-order valence-corrected chi connectivity index (χ0v) is 11.3. The smallest absolute Gasteiger partial charge is 0.320 e. The maximum absolute atomic E-state index is 12.0. The van der Waals surface area contributed by atoms with E-state index in [1.165, 1.54) is 30.8 Å². The molecule has 7 heteroatoms. The van der Waals surface area contributed by atoms with E-state index in [2.05, 4.69) is 5.32 Å². The van der Waals surface area contributed by atoms with Crippen molar-refractivity contribution < 1.29 is 19.5 Å². The number of hydrogen-bond donors (Lipinski definition) is 2. The van der Waals surface area contributed by atoms with E-state index >= 15 is 0 Å².